The van der Waals surface area contributed by atoms with E-state index in [1.165, 1.54) is 0 Å². The topological polar surface area (TPSA) is 187 Å². The Hall–Kier alpha value is -2.49. The lowest BCUT2D eigenvalue weighted by Crippen LogP contribution is -2.59. The molecule has 5 atom stereocenters. The summed E-state index contributed by atoms with van der Waals surface area (Å²) in [5, 5.41) is 56.4. The van der Waals surface area contributed by atoms with Crippen LogP contribution in [0.1, 0.15) is 6.42 Å². The number of esters is 1. The van der Waals surface area contributed by atoms with Crippen molar-refractivity contribution in [2.24, 2.45) is 0 Å². The molecular weight excluding hydrogens is 354 g/mol. The molecule has 1 fully saturated rings. The Labute approximate surface area is 147 Å². The maximum Gasteiger partial charge on any atom is 0.328 e. The summed E-state index contributed by atoms with van der Waals surface area (Å²) in [4.78, 5) is 22.1. The van der Waals surface area contributed by atoms with Gasteiger partial charge in [-0.25, -0.2) is 4.79 Å². The number of carboxylic acids is 1. The van der Waals surface area contributed by atoms with Gasteiger partial charge in [0, 0.05) is 11.6 Å². The van der Waals surface area contributed by atoms with Crippen molar-refractivity contribution in [2.45, 2.75) is 37.1 Å². The fourth-order valence-electron chi connectivity index (χ4n) is 2.07. The zero-order valence-corrected chi connectivity index (χ0v) is 13.7. The number of carbonyl (C=O) groups is 2. The SMILES string of the molecule is COC(=O)CC(/C=C/C(=O)O)=C(\C#N)O[C@H]1O[C@@H](CO)[C@@H](O)[C@@H](O)[C@H]1O. The lowest BCUT2D eigenvalue weighted by atomic mass is 9.99. The highest BCUT2D eigenvalue weighted by Crippen LogP contribution is 2.25. The summed E-state index contributed by atoms with van der Waals surface area (Å²) < 4.78 is 14.7. The van der Waals surface area contributed by atoms with Crippen LogP contribution in [0.5, 0.6) is 0 Å². The van der Waals surface area contributed by atoms with Gasteiger partial charge in [0.1, 0.15) is 30.5 Å². The smallest absolute Gasteiger partial charge is 0.328 e. The monoisotopic (exact) mass is 373 g/mol. The molecule has 0 aromatic carbocycles. The van der Waals surface area contributed by atoms with Gasteiger partial charge in [-0.05, 0) is 6.08 Å². The van der Waals surface area contributed by atoms with Crippen molar-refractivity contribution in [1.29, 1.82) is 5.26 Å². The maximum atomic E-state index is 11.4. The van der Waals surface area contributed by atoms with E-state index in [2.05, 4.69) is 4.74 Å². The zero-order chi connectivity index (χ0) is 19.9. The van der Waals surface area contributed by atoms with Crippen LogP contribution >= 0.6 is 0 Å². The fourth-order valence-corrected chi connectivity index (χ4v) is 2.07. The highest BCUT2D eigenvalue weighted by molar-refractivity contribution is 5.81. The van der Waals surface area contributed by atoms with Crippen LogP contribution in [0.25, 0.3) is 0 Å². The molecule has 0 spiro atoms. The molecule has 0 aliphatic carbocycles. The normalized spacial score (nSPS) is 29.6. The minimum atomic E-state index is -1.78. The Morgan fingerprint density at radius 1 is 1.19 bits per heavy atom. The molecule has 0 radical (unpaired) electrons. The average molecular weight is 373 g/mol. The van der Waals surface area contributed by atoms with Crippen molar-refractivity contribution in [3.63, 3.8) is 0 Å². The van der Waals surface area contributed by atoms with Gasteiger partial charge in [0.2, 0.25) is 12.0 Å². The van der Waals surface area contributed by atoms with Crippen LogP contribution in [-0.2, 0) is 23.8 Å². The number of allylic oxidation sites excluding steroid dienone is 2. The van der Waals surface area contributed by atoms with Crippen molar-refractivity contribution in [1.82, 2.24) is 0 Å². The van der Waals surface area contributed by atoms with Crippen LogP contribution in [0.4, 0.5) is 0 Å². The van der Waals surface area contributed by atoms with Gasteiger partial charge in [-0.3, -0.25) is 4.79 Å². The van der Waals surface area contributed by atoms with Gasteiger partial charge in [-0.2, -0.15) is 5.26 Å². The van der Waals surface area contributed by atoms with Crippen LogP contribution < -0.4 is 0 Å². The lowest BCUT2D eigenvalue weighted by molar-refractivity contribution is -0.290. The molecule has 0 unspecified atom stereocenters. The van der Waals surface area contributed by atoms with E-state index in [1.54, 1.807) is 6.07 Å². The molecule has 144 valence electrons. The Morgan fingerprint density at radius 2 is 1.85 bits per heavy atom. The molecular formula is C15H19NO10. The number of nitrogens with zero attached hydrogens (tertiary/aromatic N) is 1. The molecule has 11 nitrogen and oxygen atoms in total. The Bertz CT molecular complexity index is 620. The Morgan fingerprint density at radius 3 is 2.35 bits per heavy atom. The summed E-state index contributed by atoms with van der Waals surface area (Å²) >= 11 is 0. The van der Waals surface area contributed by atoms with Crippen molar-refractivity contribution in [2.75, 3.05) is 13.7 Å². The highest BCUT2D eigenvalue weighted by atomic mass is 16.7. The van der Waals surface area contributed by atoms with Crippen molar-refractivity contribution in [3.05, 3.63) is 23.5 Å². The molecule has 1 saturated heterocycles. The number of nitriles is 1. The first-order valence-corrected chi connectivity index (χ1v) is 7.33. The van der Waals surface area contributed by atoms with Crippen LogP contribution in [0, 0.1) is 11.3 Å². The van der Waals surface area contributed by atoms with Crippen molar-refractivity contribution >= 4 is 11.9 Å². The third-order valence-electron chi connectivity index (χ3n) is 3.47. The standard InChI is InChI=1S/C15H19NO10/c1-24-11(20)4-7(2-3-10(18)19)8(5-16)25-15-14(23)13(22)12(21)9(6-17)26-15/h2-3,9,12-15,17,21-23H,4,6H2,1H3,(H,18,19)/b3-2+,8-7+/t9-,12+,13+,14+,15-/m0/s1. The number of hydrogen-bond acceptors (Lipinski definition) is 10. The lowest BCUT2D eigenvalue weighted by Gasteiger charge is -2.39. The van der Waals surface area contributed by atoms with Gasteiger partial charge in [-0.15, -0.1) is 0 Å². The third-order valence-corrected chi connectivity index (χ3v) is 3.47. The molecule has 0 aromatic rings. The van der Waals surface area contributed by atoms with Gasteiger partial charge < -0.3 is 39.7 Å². The predicted octanol–water partition coefficient (Wildman–Crippen LogP) is -2.22. The average Bonchev–Trinajstić information content (AvgIpc) is 2.62. The van der Waals surface area contributed by atoms with E-state index < -0.39 is 61.4 Å². The molecule has 5 N–H and O–H groups in total. The molecule has 0 saturated carbocycles. The fraction of sp³-hybridized carbons (Fsp3) is 0.533. The van der Waals surface area contributed by atoms with Crippen LogP contribution in [0.15, 0.2) is 23.5 Å². The van der Waals surface area contributed by atoms with Gasteiger partial charge >= 0.3 is 11.9 Å². The molecule has 11 heteroatoms. The predicted molar refractivity (Wildman–Crippen MR) is 80.9 cm³/mol. The molecule has 1 aliphatic heterocycles. The number of carbonyl (C=O) groups excluding carboxylic acids is 1. The van der Waals surface area contributed by atoms with Gasteiger partial charge in [-0.1, -0.05) is 0 Å². The number of methoxy groups -OCH3 is 1. The van der Waals surface area contributed by atoms with E-state index >= 15 is 0 Å². The largest absolute Gasteiger partial charge is 0.478 e. The zero-order valence-electron chi connectivity index (χ0n) is 13.7. The molecule has 1 heterocycles. The minimum absolute atomic E-state index is 0.182. The second kappa shape index (κ2) is 9.85. The van der Waals surface area contributed by atoms with E-state index in [9.17, 15) is 30.2 Å². The number of ether oxygens (including phenoxy) is 3. The number of carboxylic acid groups (broad SMARTS) is 1. The first-order valence-electron chi connectivity index (χ1n) is 7.33. The highest BCUT2D eigenvalue weighted by Gasteiger charge is 2.45. The van der Waals surface area contributed by atoms with Gasteiger partial charge in [0.25, 0.3) is 0 Å². The summed E-state index contributed by atoms with van der Waals surface area (Å²) in [5.41, 5.74) is -0.182. The first kappa shape index (κ1) is 21.6. The third kappa shape index (κ3) is 5.51. The van der Waals surface area contributed by atoms with E-state index in [0.29, 0.717) is 6.08 Å². The second-order valence-electron chi connectivity index (χ2n) is 5.21. The number of aliphatic carboxylic acids is 1. The summed E-state index contributed by atoms with van der Waals surface area (Å²) in [6, 6.07) is 1.59. The van der Waals surface area contributed by atoms with E-state index in [1.807, 2.05) is 0 Å². The minimum Gasteiger partial charge on any atom is -0.478 e. The van der Waals surface area contributed by atoms with E-state index in [4.69, 9.17) is 19.7 Å². The quantitative estimate of drug-likeness (QED) is 0.107. The molecule has 1 aliphatic rings. The van der Waals surface area contributed by atoms with E-state index in [0.717, 1.165) is 13.2 Å². The van der Waals surface area contributed by atoms with Crippen LogP contribution in [-0.4, -0.2) is 81.9 Å². The molecule has 0 bridgehead atoms. The molecule has 1 rings (SSSR count). The van der Waals surface area contributed by atoms with E-state index in [-0.39, 0.29) is 5.57 Å². The van der Waals surface area contributed by atoms with Gasteiger partial charge in [0.15, 0.2) is 0 Å². The van der Waals surface area contributed by atoms with Crippen molar-refractivity contribution in [3.8, 4) is 6.07 Å². The Balaban J connectivity index is 3.14. The second-order valence-corrected chi connectivity index (χ2v) is 5.21. The van der Waals surface area contributed by atoms with Crippen LogP contribution in [0.3, 0.4) is 0 Å². The number of aliphatic hydroxyl groups excluding tert-OH is 4. The summed E-state index contributed by atoms with van der Waals surface area (Å²) in [5.74, 6) is -2.71. The number of rotatable bonds is 7. The molecule has 0 aromatic heterocycles. The maximum absolute atomic E-state index is 11.4. The first-order chi connectivity index (χ1) is 12.2. The number of hydrogen-bond donors (Lipinski definition) is 5. The number of aliphatic hydroxyl groups is 4. The Kier molecular flexibility index (Phi) is 8.17. The molecule has 0 amide bonds. The van der Waals surface area contributed by atoms with Gasteiger partial charge in [0.05, 0.1) is 20.1 Å². The molecule has 26 heavy (non-hydrogen) atoms. The summed E-state index contributed by atoms with van der Waals surface area (Å²) in [6.07, 6.45) is -6.98. The summed E-state index contributed by atoms with van der Waals surface area (Å²) in [7, 11) is 1.09. The van der Waals surface area contributed by atoms with Crippen LogP contribution in [0.2, 0.25) is 0 Å². The summed E-state index contributed by atoms with van der Waals surface area (Å²) in [6.45, 7) is -0.704. The van der Waals surface area contributed by atoms with Crippen molar-refractivity contribution < 1.29 is 49.3 Å².